The first-order chi connectivity index (χ1) is 9.12. The Morgan fingerprint density at radius 1 is 1.16 bits per heavy atom. The lowest BCUT2D eigenvalue weighted by Gasteiger charge is -2.25. The van der Waals surface area contributed by atoms with E-state index < -0.39 is 11.6 Å². The number of ether oxygens (including phenoxy) is 1. The quantitative estimate of drug-likeness (QED) is 0.797. The second-order valence-electron chi connectivity index (χ2n) is 4.54. The van der Waals surface area contributed by atoms with E-state index in [0.717, 1.165) is 17.7 Å². The molecule has 1 aliphatic rings. The monoisotopic (exact) mass is 262 g/mol. The van der Waals surface area contributed by atoms with Crippen LogP contribution >= 0.6 is 0 Å². The molecule has 0 bridgehead atoms. The van der Waals surface area contributed by atoms with Gasteiger partial charge in [-0.3, -0.25) is 10.1 Å². The van der Waals surface area contributed by atoms with Crippen LogP contribution in [-0.2, 0) is 10.3 Å². The molecule has 0 saturated carbocycles. The van der Waals surface area contributed by atoms with Gasteiger partial charge in [-0.1, -0.05) is 26.0 Å². The Morgan fingerprint density at radius 2 is 1.84 bits per heavy atom. The Labute approximate surface area is 112 Å². The number of imide groups is 1. The van der Waals surface area contributed by atoms with Gasteiger partial charge in [-0.25, -0.2) is 4.79 Å². The molecule has 1 aliphatic heterocycles. The normalized spacial score (nSPS) is 22.0. The van der Waals surface area contributed by atoms with Gasteiger partial charge in [0.15, 0.2) is 0 Å². The molecule has 1 aromatic carbocycles. The zero-order valence-corrected chi connectivity index (χ0v) is 11.2. The minimum atomic E-state index is -0.958. The van der Waals surface area contributed by atoms with E-state index in [4.69, 9.17) is 4.74 Å². The van der Waals surface area contributed by atoms with Gasteiger partial charge in [-0.2, -0.15) is 0 Å². The number of nitrogens with one attached hydrogen (secondary N) is 2. The van der Waals surface area contributed by atoms with Crippen LogP contribution in [0.1, 0.15) is 32.3 Å². The summed E-state index contributed by atoms with van der Waals surface area (Å²) in [6.07, 6.45) is 1.44. The van der Waals surface area contributed by atoms with Crippen LogP contribution in [0.5, 0.6) is 5.75 Å². The van der Waals surface area contributed by atoms with E-state index in [9.17, 15) is 9.59 Å². The molecule has 2 N–H and O–H groups in total. The summed E-state index contributed by atoms with van der Waals surface area (Å²) in [5, 5.41) is 4.99. The maximum absolute atomic E-state index is 12.0. The molecule has 0 aromatic heterocycles. The van der Waals surface area contributed by atoms with E-state index in [1.54, 1.807) is 0 Å². The molecular weight excluding hydrogens is 244 g/mol. The van der Waals surface area contributed by atoms with E-state index in [1.165, 1.54) is 0 Å². The SMILES string of the molecule is CCCOc1ccc([C@]2(CC)NC(=O)NC2=O)cc1. The lowest BCUT2D eigenvalue weighted by molar-refractivity contribution is -0.124. The number of hydrogen-bond donors (Lipinski definition) is 2. The predicted octanol–water partition coefficient (Wildman–Crippen LogP) is 1.92. The highest BCUT2D eigenvalue weighted by atomic mass is 16.5. The summed E-state index contributed by atoms with van der Waals surface area (Å²) < 4.78 is 5.50. The van der Waals surface area contributed by atoms with Gasteiger partial charge in [-0.05, 0) is 30.5 Å². The largest absolute Gasteiger partial charge is 0.494 e. The summed E-state index contributed by atoms with van der Waals surface area (Å²) in [4.78, 5) is 23.3. The van der Waals surface area contributed by atoms with Crippen LogP contribution in [0.15, 0.2) is 24.3 Å². The van der Waals surface area contributed by atoms with Crippen molar-refractivity contribution in [3.05, 3.63) is 29.8 Å². The number of amides is 3. The number of urea groups is 1. The molecule has 0 aliphatic carbocycles. The molecule has 3 amide bonds. The number of benzene rings is 1. The molecule has 0 unspecified atom stereocenters. The second-order valence-corrected chi connectivity index (χ2v) is 4.54. The summed E-state index contributed by atoms with van der Waals surface area (Å²) in [5.41, 5.74) is -0.192. The van der Waals surface area contributed by atoms with Crippen molar-refractivity contribution in [1.29, 1.82) is 0 Å². The van der Waals surface area contributed by atoms with Crippen molar-refractivity contribution in [1.82, 2.24) is 10.6 Å². The average Bonchev–Trinajstić information content (AvgIpc) is 2.72. The summed E-state index contributed by atoms with van der Waals surface area (Å²) >= 11 is 0. The average molecular weight is 262 g/mol. The van der Waals surface area contributed by atoms with Crippen LogP contribution in [0.25, 0.3) is 0 Å². The molecule has 2 rings (SSSR count). The second kappa shape index (κ2) is 5.30. The minimum absolute atomic E-state index is 0.303. The molecule has 19 heavy (non-hydrogen) atoms. The smallest absolute Gasteiger partial charge is 0.322 e. The van der Waals surface area contributed by atoms with Gasteiger partial charge in [0.25, 0.3) is 5.91 Å². The van der Waals surface area contributed by atoms with E-state index in [0.29, 0.717) is 13.0 Å². The third-order valence-electron chi connectivity index (χ3n) is 3.29. The third kappa shape index (κ3) is 2.41. The molecule has 0 radical (unpaired) electrons. The highest BCUT2D eigenvalue weighted by Gasteiger charge is 2.46. The van der Waals surface area contributed by atoms with Gasteiger partial charge in [0.05, 0.1) is 6.61 Å². The Morgan fingerprint density at radius 3 is 2.32 bits per heavy atom. The van der Waals surface area contributed by atoms with Crippen molar-refractivity contribution in [3.8, 4) is 5.75 Å². The zero-order valence-electron chi connectivity index (χ0n) is 11.2. The lowest BCUT2D eigenvalue weighted by Crippen LogP contribution is -2.43. The first-order valence-electron chi connectivity index (χ1n) is 6.49. The van der Waals surface area contributed by atoms with Gasteiger partial charge in [0.2, 0.25) is 0 Å². The van der Waals surface area contributed by atoms with Crippen molar-refractivity contribution < 1.29 is 14.3 Å². The fourth-order valence-electron chi connectivity index (χ4n) is 2.20. The number of hydrogen-bond acceptors (Lipinski definition) is 3. The van der Waals surface area contributed by atoms with Gasteiger partial charge >= 0.3 is 6.03 Å². The van der Waals surface area contributed by atoms with Gasteiger partial charge in [-0.15, -0.1) is 0 Å². The fourth-order valence-corrected chi connectivity index (χ4v) is 2.20. The molecule has 5 heteroatoms. The highest BCUT2D eigenvalue weighted by molar-refractivity contribution is 6.07. The lowest BCUT2D eigenvalue weighted by atomic mass is 9.87. The number of rotatable bonds is 5. The third-order valence-corrected chi connectivity index (χ3v) is 3.29. The van der Waals surface area contributed by atoms with Crippen molar-refractivity contribution in [2.24, 2.45) is 0 Å². The van der Waals surface area contributed by atoms with Gasteiger partial charge in [0.1, 0.15) is 11.3 Å². The van der Waals surface area contributed by atoms with Gasteiger partial charge in [0, 0.05) is 0 Å². The Balaban J connectivity index is 2.25. The maximum Gasteiger partial charge on any atom is 0.322 e. The topological polar surface area (TPSA) is 67.4 Å². The molecule has 1 heterocycles. The zero-order chi connectivity index (χ0) is 13.9. The van der Waals surface area contributed by atoms with Gasteiger partial charge < -0.3 is 10.1 Å². The highest BCUT2D eigenvalue weighted by Crippen LogP contribution is 2.29. The van der Waals surface area contributed by atoms with E-state index >= 15 is 0 Å². The Kier molecular flexibility index (Phi) is 3.74. The maximum atomic E-state index is 12.0. The van der Waals surface area contributed by atoms with E-state index in [-0.39, 0.29) is 5.91 Å². The first-order valence-corrected chi connectivity index (χ1v) is 6.49. The number of carbonyl (C=O) groups excluding carboxylic acids is 2. The van der Waals surface area contributed by atoms with E-state index in [2.05, 4.69) is 10.6 Å². The van der Waals surface area contributed by atoms with Crippen molar-refractivity contribution in [2.45, 2.75) is 32.2 Å². The van der Waals surface area contributed by atoms with Crippen LogP contribution in [0, 0.1) is 0 Å². The summed E-state index contributed by atoms with van der Waals surface area (Å²) in [5.74, 6) is 0.462. The standard InChI is InChI=1S/C14H18N2O3/c1-3-9-19-11-7-5-10(6-8-11)14(4-2)12(17)15-13(18)16-14/h5-8H,3-4,9H2,1-2H3,(H2,15,16,17,18)/t14-/m0/s1. The summed E-state index contributed by atoms with van der Waals surface area (Å²) in [6, 6.07) is 6.83. The van der Waals surface area contributed by atoms with Crippen molar-refractivity contribution in [3.63, 3.8) is 0 Å². The molecule has 5 nitrogen and oxygen atoms in total. The summed E-state index contributed by atoms with van der Waals surface area (Å²) in [6.45, 7) is 4.57. The van der Waals surface area contributed by atoms with Crippen LogP contribution in [0.4, 0.5) is 4.79 Å². The van der Waals surface area contributed by atoms with Crippen molar-refractivity contribution >= 4 is 11.9 Å². The predicted molar refractivity (Wildman–Crippen MR) is 70.9 cm³/mol. The summed E-state index contributed by atoms with van der Waals surface area (Å²) in [7, 11) is 0. The Hall–Kier alpha value is -2.04. The van der Waals surface area contributed by atoms with Crippen LogP contribution in [0.3, 0.4) is 0 Å². The van der Waals surface area contributed by atoms with Crippen LogP contribution in [-0.4, -0.2) is 18.5 Å². The molecule has 1 saturated heterocycles. The molecule has 1 aromatic rings. The molecular formula is C14H18N2O3. The Bertz CT molecular complexity index is 484. The molecule has 1 atom stereocenters. The fraction of sp³-hybridized carbons (Fsp3) is 0.429. The van der Waals surface area contributed by atoms with Crippen LogP contribution < -0.4 is 15.4 Å². The molecule has 0 spiro atoms. The first kappa shape index (κ1) is 13.4. The van der Waals surface area contributed by atoms with Crippen molar-refractivity contribution in [2.75, 3.05) is 6.61 Å². The van der Waals surface area contributed by atoms with Crippen LogP contribution in [0.2, 0.25) is 0 Å². The number of carbonyl (C=O) groups is 2. The van der Waals surface area contributed by atoms with E-state index in [1.807, 2.05) is 38.1 Å². The minimum Gasteiger partial charge on any atom is -0.494 e. The molecule has 102 valence electrons. The molecule has 1 fully saturated rings.